The van der Waals surface area contributed by atoms with Gasteiger partial charge in [-0.3, -0.25) is 0 Å². The third kappa shape index (κ3) is 3.62. The summed E-state index contributed by atoms with van der Waals surface area (Å²) in [5, 5.41) is 6.00. The Labute approximate surface area is 129 Å². The van der Waals surface area contributed by atoms with Gasteiger partial charge in [0.2, 0.25) is 0 Å². The average molecular weight is 361 g/mol. The molecule has 0 aliphatic rings. The Kier molecular flexibility index (Phi) is 5.23. The molecule has 0 saturated heterocycles. The van der Waals surface area contributed by atoms with E-state index >= 15 is 0 Å². The minimum absolute atomic E-state index is 0.0701. The first kappa shape index (κ1) is 15.5. The van der Waals surface area contributed by atoms with Gasteiger partial charge in [0.25, 0.3) is 0 Å². The summed E-state index contributed by atoms with van der Waals surface area (Å²) >= 11 is 4.63. The van der Waals surface area contributed by atoms with Gasteiger partial charge in [0.1, 0.15) is 11.6 Å². The molecule has 2 nitrogen and oxygen atoms in total. The van der Waals surface area contributed by atoms with Crippen LogP contribution in [0, 0.1) is 18.6 Å². The predicted octanol–water partition coefficient (Wildman–Crippen LogP) is 4.39. The lowest BCUT2D eigenvalue weighted by Gasteiger charge is -2.19. The lowest BCUT2D eigenvalue weighted by molar-refractivity contribution is 0.470. The van der Waals surface area contributed by atoms with Gasteiger partial charge in [-0.2, -0.15) is 0 Å². The zero-order valence-electron chi connectivity index (χ0n) is 11.2. The molecule has 0 saturated carbocycles. The fourth-order valence-electron chi connectivity index (χ4n) is 2.12. The van der Waals surface area contributed by atoms with Gasteiger partial charge in [-0.25, -0.2) is 13.8 Å². The number of benzene rings is 1. The Morgan fingerprint density at radius 2 is 2.00 bits per heavy atom. The number of aromatic nitrogens is 1. The molecule has 0 fully saturated rings. The summed E-state index contributed by atoms with van der Waals surface area (Å²) in [5.41, 5.74) is 0.917. The van der Waals surface area contributed by atoms with E-state index in [9.17, 15) is 8.78 Å². The molecule has 1 aromatic carbocycles. The summed E-state index contributed by atoms with van der Waals surface area (Å²) < 4.78 is 28.5. The molecule has 6 heteroatoms. The lowest BCUT2D eigenvalue weighted by Crippen LogP contribution is -2.25. The minimum Gasteiger partial charge on any atom is -0.310 e. The molecular weight excluding hydrogens is 346 g/mol. The van der Waals surface area contributed by atoms with Crippen LogP contribution in [0.1, 0.15) is 29.2 Å². The van der Waals surface area contributed by atoms with Crippen molar-refractivity contribution in [2.24, 2.45) is 0 Å². The van der Waals surface area contributed by atoms with Crippen molar-refractivity contribution >= 4 is 27.3 Å². The fraction of sp³-hybridized carbons (Fsp3) is 0.357. The fourth-order valence-corrected chi connectivity index (χ4v) is 3.15. The van der Waals surface area contributed by atoms with Crippen LogP contribution in [0.15, 0.2) is 22.0 Å². The highest BCUT2D eigenvalue weighted by Crippen LogP contribution is 2.27. The van der Waals surface area contributed by atoms with Gasteiger partial charge in [-0.05, 0) is 25.6 Å². The maximum atomic E-state index is 14.1. The average Bonchev–Trinajstić information content (AvgIpc) is 2.73. The van der Waals surface area contributed by atoms with Crippen LogP contribution >= 0.6 is 27.3 Å². The van der Waals surface area contributed by atoms with E-state index in [1.165, 1.54) is 23.5 Å². The van der Waals surface area contributed by atoms with Gasteiger partial charge in [0.15, 0.2) is 0 Å². The number of hydrogen-bond acceptors (Lipinski definition) is 3. The summed E-state index contributed by atoms with van der Waals surface area (Å²) in [6, 6.07) is 2.15. The first-order chi connectivity index (χ1) is 9.51. The molecule has 2 rings (SSSR count). The van der Waals surface area contributed by atoms with Crippen LogP contribution in [0.2, 0.25) is 0 Å². The summed E-state index contributed by atoms with van der Waals surface area (Å²) in [5.74, 6) is -1.09. The van der Waals surface area contributed by atoms with Crippen molar-refractivity contribution in [3.63, 3.8) is 0 Å². The van der Waals surface area contributed by atoms with E-state index in [0.29, 0.717) is 17.4 Å². The minimum atomic E-state index is -0.547. The van der Waals surface area contributed by atoms with Gasteiger partial charge < -0.3 is 5.32 Å². The topological polar surface area (TPSA) is 24.9 Å². The van der Waals surface area contributed by atoms with Crippen LogP contribution in [0.3, 0.4) is 0 Å². The zero-order valence-corrected chi connectivity index (χ0v) is 13.6. The van der Waals surface area contributed by atoms with E-state index in [1.807, 2.05) is 19.2 Å². The second kappa shape index (κ2) is 6.74. The molecule has 1 N–H and O–H groups in total. The van der Waals surface area contributed by atoms with Crippen LogP contribution in [0.25, 0.3) is 0 Å². The van der Waals surface area contributed by atoms with Crippen LogP contribution < -0.4 is 5.32 Å². The van der Waals surface area contributed by atoms with Crippen molar-refractivity contribution in [1.29, 1.82) is 0 Å². The normalized spacial score (nSPS) is 12.7. The number of likely N-dealkylation sites (N-methyl/N-ethyl adjacent to an activating group) is 1. The summed E-state index contributed by atoms with van der Waals surface area (Å²) in [6.07, 6.45) is 0.466. The Morgan fingerprint density at radius 3 is 2.50 bits per heavy atom. The second-order valence-corrected chi connectivity index (χ2v) is 6.43. The Morgan fingerprint density at radius 1 is 1.35 bits per heavy atom. The van der Waals surface area contributed by atoms with Gasteiger partial charge in [-0.15, -0.1) is 11.3 Å². The second-order valence-electron chi connectivity index (χ2n) is 4.46. The number of aryl methyl sites for hydroxylation is 1. The Bertz CT molecular complexity index is 578. The van der Waals surface area contributed by atoms with Gasteiger partial charge >= 0.3 is 0 Å². The van der Waals surface area contributed by atoms with E-state index in [-0.39, 0.29) is 5.56 Å². The molecule has 1 aromatic heterocycles. The quantitative estimate of drug-likeness (QED) is 0.855. The molecule has 1 heterocycles. The van der Waals surface area contributed by atoms with Gasteiger partial charge in [-0.1, -0.05) is 22.9 Å². The van der Waals surface area contributed by atoms with Gasteiger partial charge in [0, 0.05) is 27.9 Å². The first-order valence-corrected chi connectivity index (χ1v) is 7.97. The molecule has 2 aromatic rings. The first-order valence-electron chi connectivity index (χ1n) is 6.30. The molecular formula is C14H15BrF2N2S. The summed E-state index contributed by atoms with van der Waals surface area (Å²) in [7, 11) is 0. The molecule has 0 bridgehead atoms. The number of nitrogens with one attached hydrogen (secondary N) is 1. The molecule has 0 aliphatic carbocycles. The zero-order chi connectivity index (χ0) is 14.7. The van der Waals surface area contributed by atoms with Crippen molar-refractivity contribution in [2.45, 2.75) is 26.3 Å². The van der Waals surface area contributed by atoms with Crippen LogP contribution in [0.4, 0.5) is 8.78 Å². The van der Waals surface area contributed by atoms with E-state index in [2.05, 4.69) is 26.2 Å². The van der Waals surface area contributed by atoms with Crippen molar-refractivity contribution in [3.8, 4) is 0 Å². The third-order valence-electron chi connectivity index (χ3n) is 2.92. The highest BCUT2D eigenvalue weighted by atomic mass is 79.9. The highest BCUT2D eigenvalue weighted by molar-refractivity contribution is 9.10. The maximum absolute atomic E-state index is 14.1. The maximum Gasteiger partial charge on any atom is 0.132 e. The Hall–Kier alpha value is -0.850. The molecule has 1 atom stereocenters. The van der Waals surface area contributed by atoms with E-state index in [4.69, 9.17) is 0 Å². The molecule has 108 valence electrons. The molecule has 0 aliphatic heterocycles. The van der Waals surface area contributed by atoms with Crippen molar-refractivity contribution in [1.82, 2.24) is 10.3 Å². The van der Waals surface area contributed by atoms with Crippen LogP contribution in [-0.4, -0.2) is 11.5 Å². The Balaban J connectivity index is 2.33. The van der Waals surface area contributed by atoms with E-state index in [1.54, 1.807) is 0 Å². The number of halogens is 3. The smallest absolute Gasteiger partial charge is 0.132 e. The van der Waals surface area contributed by atoms with E-state index in [0.717, 1.165) is 10.7 Å². The SMILES string of the molecule is CCNC(Cc1csc(C)n1)c1c(F)cc(Br)cc1F. The number of nitrogens with zero attached hydrogens (tertiary/aromatic N) is 1. The van der Waals surface area contributed by atoms with Crippen molar-refractivity contribution in [2.75, 3.05) is 6.54 Å². The highest BCUT2D eigenvalue weighted by Gasteiger charge is 2.21. The summed E-state index contributed by atoms with van der Waals surface area (Å²) in [6.45, 7) is 4.45. The van der Waals surface area contributed by atoms with Crippen molar-refractivity contribution in [3.05, 3.63) is 49.9 Å². The molecule has 20 heavy (non-hydrogen) atoms. The van der Waals surface area contributed by atoms with Gasteiger partial charge in [0.05, 0.1) is 10.7 Å². The third-order valence-corrected chi connectivity index (χ3v) is 4.20. The van der Waals surface area contributed by atoms with Crippen LogP contribution in [-0.2, 0) is 6.42 Å². The van der Waals surface area contributed by atoms with E-state index < -0.39 is 17.7 Å². The van der Waals surface area contributed by atoms with Crippen molar-refractivity contribution < 1.29 is 8.78 Å². The van der Waals surface area contributed by atoms with Crippen LogP contribution in [0.5, 0.6) is 0 Å². The molecule has 0 radical (unpaired) electrons. The number of hydrogen-bond donors (Lipinski definition) is 1. The number of rotatable bonds is 5. The lowest BCUT2D eigenvalue weighted by atomic mass is 10.0. The standard InChI is InChI=1S/C14H15BrF2N2S/c1-3-18-13(6-10-7-20-8(2)19-10)14-11(16)4-9(15)5-12(14)17/h4-5,7,13,18H,3,6H2,1-2H3. The molecule has 0 spiro atoms. The largest absolute Gasteiger partial charge is 0.310 e. The predicted molar refractivity (Wildman–Crippen MR) is 81.0 cm³/mol. The molecule has 0 amide bonds. The monoisotopic (exact) mass is 360 g/mol. The number of thiazole rings is 1. The summed E-state index contributed by atoms with van der Waals surface area (Å²) in [4.78, 5) is 4.36. The molecule has 1 unspecified atom stereocenters.